The highest BCUT2D eigenvalue weighted by molar-refractivity contribution is 7.18. The number of ether oxygens (including phenoxy) is 2. The molecule has 0 saturated carbocycles. The highest BCUT2D eigenvalue weighted by Gasteiger charge is 2.24. The number of nitriles is 1. The summed E-state index contributed by atoms with van der Waals surface area (Å²) in [6.07, 6.45) is 0. The van der Waals surface area contributed by atoms with E-state index in [2.05, 4.69) is 0 Å². The number of nitrogen functional groups attached to an aromatic ring is 1. The van der Waals surface area contributed by atoms with Crippen LogP contribution in [0.25, 0.3) is 0 Å². The summed E-state index contributed by atoms with van der Waals surface area (Å²) in [6, 6.07) is 1.90. The number of carbonyl (C=O) groups is 2. The van der Waals surface area contributed by atoms with Crippen LogP contribution in [0.5, 0.6) is 0 Å². The van der Waals surface area contributed by atoms with E-state index in [1.54, 1.807) is 19.2 Å². The zero-order valence-electron chi connectivity index (χ0n) is 13.5. The fourth-order valence-corrected chi connectivity index (χ4v) is 3.68. The second kappa shape index (κ2) is 7.96. The molecule has 0 amide bonds. The van der Waals surface area contributed by atoms with Gasteiger partial charge in [0.1, 0.15) is 29.1 Å². The molecule has 0 aliphatic rings. The first kappa shape index (κ1) is 18.7. The van der Waals surface area contributed by atoms with Crippen molar-refractivity contribution in [2.24, 2.45) is 0 Å². The molecule has 0 aliphatic carbocycles. The Hall–Kier alpha value is -2.64. The minimum atomic E-state index is -0.660. The maximum atomic E-state index is 12.0. The molecule has 0 fully saturated rings. The molecule has 2 aromatic rings. The zero-order chi connectivity index (χ0) is 18.6. The molecule has 10 heteroatoms. The van der Waals surface area contributed by atoms with Crippen molar-refractivity contribution in [1.82, 2.24) is 4.57 Å². The van der Waals surface area contributed by atoms with Gasteiger partial charge in [0.15, 0.2) is 0 Å². The molecule has 0 bridgehead atoms. The standard InChI is InChI=1S/C15H15N3O5S2/c1-3-22-14(20)12-10(9(4-16)13(17)25-12)6-23-11(19)5-18-8(2)7-24-15(18)21/h7H,3,5-6,17H2,1-2H3. The van der Waals surface area contributed by atoms with Gasteiger partial charge in [-0.1, -0.05) is 11.3 Å². The molecule has 132 valence electrons. The molecule has 8 nitrogen and oxygen atoms in total. The first-order chi connectivity index (χ1) is 11.9. The number of aromatic nitrogens is 1. The van der Waals surface area contributed by atoms with E-state index in [0.29, 0.717) is 5.69 Å². The Morgan fingerprint density at radius 1 is 1.40 bits per heavy atom. The van der Waals surface area contributed by atoms with Crippen molar-refractivity contribution in [2.75, 3.05) is 12.3 Å². The van der Waals surface area contributed by atoms with Gasteiger partial charge in [0.25, 0.3) is 0 Å². The number of carbonyl (C=O) groups excluding carboxylic acids is 2. The number of thiazole rings is 1. The first-order valence-electron chi connectivity index (χ1n) is 7.17. The molecular weight excluding hydrogens is 366 g/mol. The van der Waals surface area contributed by atoms with E-state index in [4.69, 9.17) is 15.2 Å². The molecule has 0 aromatic carbocycles. The quantitative estimate of drug-likeness (QED) is 0.754. The summed E-state index contributed by atoms with van der Waals surface area (Å²) < 4.78 is 11.3. The fourth-order valence-electron chi connectivity index (χ4n) is 2.03. The van der Waals surface area contributed by atoms with Gasteiger partial charge in [-0.05, 0) is 13.8 Å². The van der Waals surface area contributed by atoms with E-state index in [1.165, 1.54) is 4.57 Å². The van der Waals surface area contributed by atoms with Crippen molar-refractivity contribution in [3.63, 3.8) is 0 Å². The van der Waals surface area contributed by atoms with Crippen LogP contribution in [0.3, 0.4) is 0 Å². The molecule has 0 atom stereocenters. The van der Waals surface area contributed by atoms with Crippen LogP contribution in [0.15, 0.2) is 10.2 Å². The lowest BCUT2D eigenvalue weighted by Crippen LogP contribution is -2.22. The third kappa shape index (κ3) is 4.07. The Bertz CT molecular complexity index is 903. The van der Waals surface area contributed by atoms with Crippen molar-refractivity contribution < 1.29 is 19.1 Å². The number of nitrogens with zero attached hydrogens (tertiary/aromatic N) is 2. The lowest BCUT2D eigenvalue weighted by atomic mass is 10.1. The lowest BCUT2D eigenvalue weighted by molar-refractivity contribution is -0.145. The van der Waals surface area contributed by atoms with Gasteiger partial charge in [-0.3, -0.25) is 14.2 Å². The Balaban J connectivity index is 2.17. The molecule has 2 heterocycles. The molecule has 0 aliphatic heterocycles. The second-order valence-corrected chi connectivity index (χ2v) is 6.74. The van der Waals surface area contributed by atoms with Crippen LogP contribution in [0.1, 0.15) is 33.4 Å². The van der Waals surface area contributed by atoms with Crippen molar-refractivity contribution in [3.05, 3.63) is 36.7 Å². The number of nitrogens with two attached hydrogens (primary N) is 1. The van der Waals surface area contributed by atoms with Gasteiger partial charge < -0.3 is 15.2 Å². The average Bonchev–Trinajstić information content (AvgIpc) is 3.06. The highest BCUT2D eigenvalue weighted by Crippen LogP contribution is 2.31. The van der Waals surface area contributed by atoms with Crippen molar-refractivity contribution in [1.29, 1.82) is 5.26 Å². The van der Waals surface area contributed by atoms with Crippen molar-refractivity contribution >= 4 is 39.6 Å². The Labute approximate surface area is 151 Å². The molecule has 0 spiro atoms. The first-order valence-corrected chi connectivity index (χ1v) is 8.87. The maximum Gasteiger partial charge on any atom is 0.348 e. The summed E-state index contributed by atoms with van der Waals surface area (Å²) in [7, 11) is 0. The number of hydrogen-bond acceptors (Lipinski definition) is 9. The zero-order valence-corrected chi connectivity index (χ0v) is 15.2. The van der Waals surface area contributed by atoms with E-state index in [9.17, 15) is 19.6 Å². The number of rotatable bonds is 6. The van der Waals surface area contributed by atoms with Crippen LogP contribution in [0.4, 0.5) is 5.00 Å². The Kier molecular flexibility index (Phi) is 5.95. The van der Waals surface area contributed by atoms with Crippen LogP contribution in [0, 0.1) is 18.3 Å². The molecule has 0 saturated heterocycles. The Morgan fingerprint density at radius 2 is 2.12 bits per heavy atom. The summed E-state index contributed by atoms with van der Waals surface area (Å²) in [4.78, 5) is 35.5. The van der Waals surface area contributed by atoms with Gasteiger partial charge >= 0.3 is 16.8 Å². The summed E-state index contributed by atoms with van der Waals surface area (Å²) in [5, 5.41) is 11.0. The van der Waals surface area contributed by atoms with Crippen LogP contribution >= 0.6 is 22.7 Å². The SMILES string of the molecule is CCOC(=O)c1sc(N)c(C#N)c1COC(=O)Cn1c(C)csc1=O. The molecule has 0 radical (unpaired) electrons. The predicted octanol–water partition coefficient (Wildman–Crippen LogP) is 1.65. The Morgan fingerprint density at radius 3 is 2.68 bits per heavy atom. The normalized spacial score (nSPS) is 10.3. The van der Waals surface area contributed by atoms with Crippen LogP contribution < -0.4 is 10.6 Å². The lowest BCUT2D eigenvalue weighted by Gasteiger charge is -2.07. The third-order valence-corrected chi connectivity index (χ3v) is 5.17. The van der Waals surface area contributed by atoms with E-state index < -0.39 is 11.9 Å². The summed E-state index contributed by atoms with van der Waals surface area (Å²) in [5.41, 5.74) is 6.70. The number of anilines is 1. The summed E-state index contributed by atoms with van der Waals surface area (Å²) in [6.45, 7) is 2.97. The van der Waals surface area contributed by atoms with Gasteiger partial charge in [-0.25, -0.2) is 4.79 Å². The highest BCUT2D eigenvalue weighted by atomic mass is 32.1. The van der Waals surface area contributed by atoms with Gasteiger partial charge in [0, 0.05) is 16.6 Å². The van der Waals surface area contributed by atoms with Gasteiger partial charge in [0.2, 0.25) is 0 Å². The number of esters is 2. The topological polar surface area (TPSA) is 124 Å². The molecular formula is C15H15N3O5S2. The smallest absolute Gasteiger partial charge is 0.348 e. The molecule has 0 unspecified atom stereocenters. The largest absolute Gasteiger partial charge is 0.462 e. The second-order valence-electron chi connectivity index (χ2n) is 4.87. The monoisotopic (exact) mass is 381 g/mol. The average molecular weight is 381 g/mol. The number of hydrogen-bond donors (Lipinski definition) is 1. The third-order valence-electron chi connectivity index (χ3n) is 3.25. The molecule has 2 rings (SSSR count). The number of aryl methyl sites for hydroxylation is 1. The van der Waals surface area contributed by atoms with Crippen LogP contribution in [-0.2, 0) is 27.4 Å². The molecule has 2 N–H and O–H groups in total. The van der Waals surface area contributed by atoms with Crippen molar-refractivity contribution in [2.45, 2.75) is 27.0 Å². The van der Waals surface area contributed by atoms with Gasteiger partial charge in [-0.15, -0.1) is 11.3 Å². The summed E-state index contributed by atoms with van der Waals surface area (Å²) in [5.74, 6) is -1.29. The number of thiophene rings is 1. The van der Waals surface area contributed by atoms with Gasteiger partial charge in [0.05, 0.1) is 12.2 Å². The maximum absolute atomic E-state index is 12.0. The minimum Gasteiger partial charge on any atom is -0.462 e. The van der Waals surface area contributed by atoms with Crippen LogP contribution in [0.2, 0.25) is 0 Å². The van der Waals surface area contributed by atoms with Crippen LogP contribution in [-0.4, -0.2) is 23.1 Å². The molecule has 2 aromatic heterocycles. The van der Waals surface area contributed by atoms with E-state index in [1.807, 2.05) is 6.07 Å². The van der Waals surface area contributed by atoms with E-state index >= 15 is 0 Å². The van der Waals surface area contributed by atoms with E-state index in [0.717, 1.165) is 22.7 Å². The predicted molar refractivity (Wildman–Crippen MR) is 92.5 cm³/mol. The van der Waals surface area contributed by atoms with E-state index in [-0.39, 0.29) is 45.6 Å². The molecule has 25 heavy (non-hydrogen) atoms. The minimum absolute atomic E-state index is 0.0877. The summed E-state index contributed by atoms with van der Waals surface area (Å²) >= 11 is 1.90. The fraction of sp³-hybridized carbons (Fsp3) is 0.333. The van der Waals surface area contributed by atoms with Crippen molar-refractivity contribution in [3.8, 4) is 6.07 Å². The van der Waals surface area contributed by atoms with Gasteiger partial charge in [-0.2, -0.15) is 5.26 Å².